The average Bonchev–Trinajstić information content (AvgIpc) is 2.34. The van der Waals surface area contributed by atoms with Crippen LogP contribution < -0.4 is 5.73 Å². The summed E-state index contributed by atoms with van der Waals surface area (Å²) in [6, 6.07) is 0. The second kappa shape index (κ2) is 3.97. The number of hydrogen-bond acceptors (Lipinski definition) is 3. The van der Waals surface area contributed by atoms with Crippen molar-refractivity contribution in [2.45, 2.75) is 19.5 Å². The van der Waals surface area contributed by atoms with E-state index in [2.05, 4.69) is 16.8 Å². The molecule has 1 heterocycles. The normalized spacial score (nSPS) is 28.5. The van der Waals surface area contributed by atoms with Crippen molar-refractivity contribution in [1.29, 1.82) is 0 Å². The Morgan fingerprint density at radius 1 is 1.82 bits per heavy atom. The number of nitrogens with zero attached hydrogens (tertiary/aromatic N) is 2. The van der Waals surface area contributed by atoms with Crippen LogP contribution in [0.4, 0.5) is 0 Å². The molecule has 2 N–H and O–H groups in total. The number of hydrogen-bond donors (Lipinski definition) is 1. The van der Waals surface area contributed by atoms with E-state index in [9.17, 15) is 0 Å². The minimum atomic E-state index is 0.179. The van der Waals surface area contributed by atoms with Gasteiger partial charge in [-0.25, -0.2) is 0 Å². The lowest BCUT2D eigenvalue weighted by Crippen LogP contribution is -2.40. The monoisotopic (exact) mass is 173 g/mol. The van der Waals surface area contributed by atoms with Gasteiger partial charge in [-0.15, -0.1) is 0 Å². The first-order valence-corrected chi connectivity index (χ1v) is 4.90. The van der Waals surface area contributed by atoms with E-state index in [-0.39, 0.29) is 6.17 Å². The Balaban J connectivity index is 2.56. The van der Waals surface area contributed by atoms with E-state index in [1.807, 2.05) is 7.05 Å². The molecule has 1 saturated heterocycles. The van der Waals surface area contributed by atoms with E-state index in [0.29, 0.717) is 0 Å². The highest BCUT2D eigenvalue weighted by molar-refractivity contribution is 8.14. The Morgan fingerprint density at radius 3 is 3.09 bits per heavy atom. The van der Waals surface area contributed by atoms with Crippen LogP contribution in [0.25, 0.3) is 0 Å². The second-order valence-corrected chi connectivity index (χ2v) is 3.57. The van der Waals surface area contributed by atoms with Gasteiger partial charge in [0.05, 0.1) is 6.17 Å². The second-order valence-electron chi connectivity index (χ2n) is 2.58. The van der Waals surface area contributed by atoms with Crippen LogP contribution in [-0.4, -0.2) is 35.6 Å². The third-order valence-corrected chi connectivity index (χ3v) is 2.87. The molecule has 11 heavy (non-hydrogen) atoms. The molecule has 0 bridgehead atoms. The summed E-state index contributed by atoms with van der Waals surface area (Å²) in [5, 5.41) is 1.10. The summed E-state index contributed by atoms with van der Waals surface area (Å²) in [6.07, 6.45) is 1.31. The first kappa shape index (κ1) is 8.87. The lowest BCUT2D eigenvalue weighted by Gasteiger charge is -2.21. The molecule has 0 saturated carbocycles. The van der Waals surface area contributed by atoms with E-state index < -0.39 is 0 Å². The molecular formula is C7H15N3S. The van der Waals surface area contributed by atoms with Gasteiger partial charge in [-0.3, -0.25) is 4.99 Å². The summed E-state index contributed by atoms with van der Waals surface area (Å²) in [7, 11) is 1.82. The van der Waals surface area contributed by atoms with Crippen LogP contribution in [0, 0.1) is 0 Å². The van der Waals surface area contributed by atoms with Gasteiger partial charge in [-0.05, 0) is 6.42 Å². The van der Waals surface area contributed by atoms with Gasteiger partial charge >= 0.3 is 0 Å². The maximum atomic E-state index is 5.86. The highest BCUT2D eigenvalue weighted by atomic mass is 32.2. The van der Waals surface area contributed by atoms with E-state index >= 15 is 0 Å². The molecule has 1 aliphatic rings. The van der Waals surface area contributed by atoms with Gasteiger partial charge in [0, 0.05) is 19.3 Å². The predicted molar refractivity (Wildman–Crippen MR) is 50.8 cm³/mol. The summed E-state index contributed by atoms with van der Waals surface area (Å²) in [5.41, 5.74) is 5.86. The van der Waals surface area contributed by atoms with Crippen LogP contribution >= 0.6 is 11.8 Å². The quantitative estimate of drug-likeness (QED) is 0.669. The van der Waals surface area contributed by atoms with Crippen molar-refractivity contribution >= 4 is 16.9 Å². The van der Waals surface area contributed by atoms with Gasteiger partial charge in [0.2, 0.25) is 0 Å². The molecule has 1 aliphatic heterocycles. The zero-order valence-electron chi connectivity index (χ0n) is 7.08. The van der Waals surface area contributed by atoms with E-state index in [1.165, 1.54) is 0 Å². The Morgan fingerprint density at radius 2 is 2.55 bits per heavy atom. The standard InChI is InChI=1S/C7H15N3S/c1-3-4-10-6(8)5-11-7(10)9-2/h6H,3-5,8H2,1-2H3. The third-order valence-electron chi connectivity index (χ3n) is 1.69. The van der Waals surface area contributed by atoms with E-state index in [0.717, 1.165) is 23.9 Å². The third kappa shape index (κ3) is 1.87. The molecule has 0 radical (unpaired) electrons. The van der Waals surface area contributed by atoms with Crippen molar-refractivity contribution < 1.29 is 0 Å². The molecule has 64 valence electrons. The van der Waals surface area contributed by atoms with Crippen molar-refractivity contribution in [3.63, 3.8) is 0 Å². The average molecular weight is 173 g/mol. The minimum absolute atomic E-state index is 0.179. The number of amidine groups is 1. The fourth-order valence-corrected chi connectivity index (χ4v) is 2.19. The van der Waals surface area contributed by atoms with Gasteiger partial charge in [0.1, 0.15) is 0 Å². The van der Waals surface area contributed by atoms with Crippen LogP contribution in [0.1, 0.15) is 13.3 Å². The molecule has 1 unspecified atom stereocenters. The zero-order chi connectivity index (χ0) is 8.27. The van der Waals surface area contributed by atoms with Crippen molar-refractivity contribution in [3.8, 4) is 0 Å². The Bertz CT molecular complexity index is 158. The van der Waals surface area contributed by atoms with Gasteiger partial charge in [0.15, 0.2) is 5.17 Å². The molecule has 4 heteroatoms. The largest absolute Gasteiger partial charge is 0.335 e. The first-order valence-electron chi connectivity index (χ1n) is 3.91. The van der Waals surface area contributed by atoms with Crippen molar-refractivity contribution in [3.05, 3.63) is 0 Å². The topological polar surface area (TPSA) is 41.6 Å². The fraction of sp³-hybridized carbons (Fsp3) is 0.857. The highest BCUT2D eigenvalue weighted by Crippen LogP contribution is 2.20. The van der Waals surface area contributed by atoms with Gasteiger partial charge in [0.25, 0.3) is 0 Å². The van der Waals surface area contributed by atoms with Crippen LogP contribution in [0.15, 0.2) is 4.99 Å². The molecule has 3 nitrogen and oxygen atoms in total. The Labute approximate surface area is 72.0 Å². The molecular weight excluding hydrogens is 158 g/mol. The summed E-state index contributed by atoms with van der Waals surface area (Å²) in [5.74, 6) is 0.979. The van der Waals surface area contributed by atoms with Crippen LogP contribution in [0.3, 0.4) is 0 Å². The van der Waals surface area contributed by atoms with Gasteiger partial charge in [-0.2, -0.15) is 0 Å². The number of thioether (sulfide) groups is 1. The van der Waals surface area contributed by atoms with E-state index in [1.54, 1.807) is 11.8 Å². The molecule has 0 aliphatic carbocycles. The molecule has 1 atom stereocenters. The maximum absolute atomic E-state index is 5.86. The molecule has 0 amide bonds. The zero-order valence-corrected chi connectivity index (χ0v) is 7.90. The lowest BCUT2D eigenvalue weighted by atomic mass is 10.4. The lowest BCUT2D eigenvalue weighted by molar-refractivity contribution is 0.357. The van der Waals surface area contributed by atoms with Crippen molar-refractivity contribution in [1.82, 2.24) is 4.90 Å². The van der Waals surface area contributed by atoms with Crippen molar-refractivity contribution in [2.24, 2.45) is 10.7 Å². The van der Waals surface area contributed by atoms with Crippen molar-refractivity contribution in [2.75, 3.05) is 19.3 Å². The molecule has 1 fully saturated rings. The van der Waals surface area contributed by atoms with Crippen LogP contribution in [0.5, 0.6) is 0 Å². The fourth-order valence-electron chi connectivity index (χ4n) is 1.17. The molecule has 0 aromatic rings. The number of rotatable bonds is 2. The predicted octanol–water partition coefficient (Wildman–Crippen LogP) is 0.716. The Hall–Kier alpha value is -0.220. The Kier molecular flexibility index (Phi) is 3.20. The molecule has 0 aromatic heterocycles. The number of nitrogens with two attached hydrogens (primary N) is 1. The molecule has 1 rings (SSSR count). The highest BCUT2D eigenvalue weighted by Gasteiger charge is 2.25. The van der Waals surface area contributed by atoms with Crippen LogP contribution in [-0.2, 0) is 0 Å². The maximum Gasteiger partial charge on any atom is 0.160 e. The summed E-state index contributed by atoms with van der Waals surface area (Å²) >= 11 is 1.75. The van der Waals surface area contributed by atoms with Crippen LogP contribution in [0.2, 0.25) is 0 Å². The first-order chi connectivity index (χ1) is 5.29. The summed E-state index contributed by atoms with van der Waals surface area (Å²) in [4.78, 5) is 6.33. The number of aliphatic imine (C=N–C) groups is 1. The smallest absolute Gasteiger partial charge is 0.160 e. The van der Waals surface area contributed by atoms with E-state index in [4.69, 9.17) is 5.73 Å². The SMILES string of the molecule is CCCN1C(=NC)SCC1N. The minimum Gasteiger partial charge on any atom is -0.335 e. The summed E-state index contributed by atoms with van der Waals surface area (Å²) < 4.78 is 0. The molecule has 0 spiro atoms. The molecule has 0 aromatic carbocycles. The summed E-state index contributed by atoms with van der Waals surface area (Å²) in [6.45, 7) is 3.18. The van der Waals surface area contributed by atoms with Gasteiger partial charge in [-0.1, -0.05) is 18.7 Å². The van der Waals surface area contributed by atoms with Gasteiger partial charge < -0.3 is 10.6 Å².